The van der Waals surface area contributed by atoms with E-state index in [0.717, 1.165) is 13.1 Å². The van der Waals surface area contributed by atoms with E-state index in [0.29, 0.717) is 18.3 Å². The van der Waals surface area contributed by atoms with E-state index in [1.54, 1.807) is 12.1 Å². The molecule has 2 heterocycles. The van der Waals surface area contributed by atoms with Gasteiger partial charge in [0.05, 0.1) is 6.61 Å². The van der Waals surface area contributed by atoms with Gasteiger partial charge in [0.2, 0.25) is 0 Å². The monoisotopic (exact) mass is 235 g/mol. The number of pyridine rings is 1. The van der Waals surface area contributed by atoms with Crippen LogP contribution in [0.15, 0.2) is 18.3 Å². The third kappa shape index (κ3) is 3.42. The second kappa shape index (κ2) is 5.63. The van der Waals surface area contributed by atoms with Crippen molar-refractivity contribution in [1.29, 1.82) is 0 Å². The maximum absolute atomic E-state index is 11.0. The molecule has 1 atom stereocenters. The Bertz CT molecular complexity index is 389. The van der Waals surface area contributed by atoms with Gasteiger partial charge >= 0.3 is 0 Å². The molecule has 5 heteroatoms. The van der Waals surface area contributed by atoms with Gasteiger partial charge in [-0.1, -0.05) is 0 Å². The lowest BCUT2D eigenvalue weighted by molar-refractivity contribution is 0.0995. The summed E-state index contributed by atoms with van der Waals surface area (Å²) in [6, 6.07) is 3.32. The molecule has 0 aromatic carbocycles. The molecule has 0 spiro atoms. The van der Waals surface area contributed by atoms with E-state index in [2.05, 4.69) is 10.3 Å². The molecule has 3 N–H and O–H groups in total. The molecule has 17 heavy (non-hydrogen) atoms. The number of nitrogens with zero attached hydrogens (tertiary/aromatic N) is 1. The molecule has 1 amide bonds. The highest BCUT2D eigenvalue weighted by atomic mass is 16.5. The maximum Gasteiger partial charge on any atom is 0.267 e. The first-order chi connectivity index (χ1) is 8.25. The fourth-order valence-corrected chi connectivity index (χ4v) is 1.92. The van der Waals surface area contributed by atoms with E-state index in [-0.39, 0.29) is 5.69 Å². The van der Waals surface area contributed by atoms with Crippen LogP contribution in [-0.4, -0.2) is 30.6 Å². The molecule has 92 valence electrons. The summed E-state index contributed by atoms with van der Waals surface area (Å²) < 4.78 is 5.65. The van der Waals surface area contributed by atoms with E-state index >= 15 is 0 Å². The van der Waals surface area contributed by atoms with Gasteiger partial charge in [0, 0.05) is 24.7 Å². The standard InChI is InChI=1S/C12H17N3O2/c13-12(16)11-6-10(3-5-15-11)17-8-9-2-1-4-14-7-9/h3,5-6,9,14H,1-2,4,7-8H2,(H2,13,16). The number of ether oxygens (including phenoxy) is 1. The molecule has 0 radical (unpaired) electrons. The topological polar surface area (TPSA) is 77.2 Å². The second-order valence-corrected chi connectivity index (χ2v) is 4.26. The Morgan fingerprint density at radius 1 is 1.65 bits per heavy atom. The number of piperidine rings is 1. The molecular formula is C12H17N3O2. The van der Waals surface area contributed by atoms with Gasteiger partial charge in [-0.05, 0) is 25.5 Å². The van der Waals surface area contributed by atoms with Gasteiger partial charge in [0.15, 0.2) is 0 Å². The largest absolute Gasteiger partial charge is 0.493 e. The van der Waals surface area contributed by atoms with Gasteiger partial charge in [-0.2, -0.15) is 0 Å². The van der Waals surface area contributed by atoms with E-state index in [4.69, 9.17) is 10.5 Å². The number of nitrogens with two attached hydrogens (primary N) is 1. The molecule has 1 fully saturated rings. The number of amides is 1. The maximum atomic E-state index is 11.0. The molecule has 1 aromatic rings. The first kappa shape index (κ1) is 11.9. The first-order valence-corrected chi connectivity index (χ1v) is 5.85. The molecular weight excluding hydrogens is 218 g/mol. The fourth-order valence-electron chi connectivity index (χ4n) is 1.92. The molecule has 0 aliphatic carbocycles. The summed E-state index contributed by atoms with van der Waals surface area (Å²) in [4.78, 5) is 14.8. The zero-order chi connectivity index (χ0) is 12.1. The number of hydrogen-bond donors (Lipinski definition) is 2. The van der Waals surface area contributed by atoms with Crippen LogP contribution in [0.1, 0.15) is 23.3 Å². The summed E-state index contributed by atoms with van der Waals surface area (Å²) in [7, 11) is 0. The number of nitrogens with one attached hydrogen (secondary N) is 1. The van der Waals surface area contributed by atoms with Crippen LogP contribution >= 0.6 is 0 Å². The zero-order valence-corrected chi connectivity index (χ0v) is 9.69. The molecule has 1 aromatic heterocycles. The van der Waals surface area contributed by atoms with Crippen molar-refractivity contribution in [2.24, 2.45) is 11.7 Å². The van der Waals surface area contributed by atoms with E-state index in [1.807, 2.05) is 0 Å². The van der Waals surface area contributed by atoms with E-state index < -0.39 is 5.91 Å². The van der Waals surface area contributed by atoms with Gasteiger partial charge in [0.25, 0.3) is 5.91 Å². The number of carbonyl (C=O) groups excluding carboxylic acids is 1. The third-order valence-corrected chi connectivity index (χ3v) is 2.87. The van der Waals surface area contributed by atoms with E-state index in [9.17, 15) is 4.79 Å². The molecule has 1 aliphatic heterocycles. The molecule has 1 aliphatic rings. The Kier molecular flexibility index (Phi) is 3.93. The van der Waals surface area contributed by atoms with Gasteiger partial charge < -0.3 is 15.8 Å². The fraction of sp³-hybridized carbons (Fsp3) is 0.500. The smallest absolute Gasteiger partial charge is 0.267 e. The molecule has 2 rings (SSSR count). The van der Waals surface area contributed by atoms with Crippen molar-refractivity contribution in [2.75, 3.05) is 19.7 Å². The van der Waals surface area contributed by atoms with E-state index in [1.165, 1.54) is 19.0 Å². The highest BCUT2D eigenvalue weighted by molar-refractivity contribution is 5.91. The van der Waals surface area contributed by atoms with Gasteiger partial charge in [-0.25, -0.2) is 0 Å². The average molecular weight is 235 g/mol. The van der Waals surface area contributed by atoms with Crippen LogP contribution in [0, 0.1) is 5.92 Å². The minimum atomic E-state index is -0.533. The number of primary amides is 1. The Hall–Kier alpha value is -1.62. The summed E-state index contributed by atoms with van der Waals surface area (Å²) in [5.74, 6) is 0.656. The van der Waals surface area contributed by atoms with Crippen LogP contribution in [0.3, 0.4) is 0 Å². The van der Waals surface area contributed by atoms with Crippen LogP contribution in [0.4, 0.5) is 0 Å². The minimum Gasteiger partial charge on any atom is -0.493 e. The van der Waals surface area contributed by atoms with Crippen molar-refractivity contribution in [3.8, 4) is 5.75 Å². The Balaban J connectivity index is 1.89. The third-order valence-electron chi connectivity index (χ3n) is 2.87. The van der Waals surface area contributed by atoms with Crippen LogP contribution in [0.25, 0.3) is 0 Å². The summed E-state index contributed by atoms with van der Waals surface area (Å²) in [6.45, 7) is 2.75. The van der Waals surface area contributed by atoms with Crippen molar-refractivity contribution < 1.29 is 9.53 Å². The Morgan fingerprint density at radius 2 is 2.53 bits per heavy atom. The van der Waals surface area contributed by atoms with Crippen LogP contribution in [0.5, 0.6) is 5.75 Å². The quantitative estimate of drug-likeness (QED) is 0.799. The van der Waals surface area contributed by atoms with Crippen LogP contribution in [0.2, 0.25) is 0 Å². The lowest BCUT2D eigenvalue weighted by Crippen LogP contribution is -2.33. The van der Waals surface area contributed by atoms with Gasteiger partial charge in [0.1, 0.15) is 11.4 Å². The van der Waals surface area contributed by atoms with Crippen molar-refractivity contribution in [2.45, 2.75) is 12.8 Å². The number of aromatic nitrogens is 1. The normalized spacial score (nSPS) is 19.9. The molecule has 0 bridgehead atoms. The summed E-state index contributed by atoms with van der Waals surface area (Å²) in [5, 5.41) is 3.33. The van der Waals surface area contributed by atoms with Crippen molar-refractivity contribution in [1.82, 2.24) is 10.3 Å². The van der Waals surface area contributed by atoms with Gasteiger partial charge in [-0.3, -0.25) is 9.78 Å². The molecule has 1 unspecified atom stereocenters. The average Bonchev–Trinajstić information content (AvgIpc) is 2.38. The lowest BCUT2D eigenvalue weighted by atomic mass is 10.0. The highest BCUT2D eigenvalue weighted by Crippen LogP contribution is 2.15. The predicted octanol–water partition coefficient (Wildman–Crippen LogP) is 0.559. The van der Waals surface area contributed by atoms with Crippen LogP contribution in [-0.2, 0) is 0 Å². The first-order valence-electron chi connectivity index (χ1n) is 5.85. The van der Waals surface area contributed by atoms with Crippen molar-refractivity contribution in [3.63, 3.8) is 0 Å². The Morgan fingerprint density at radius 3 is 3.24 bits per heavy atom. The molecule has 0 saturated carbocycles. The minimum absolute atomic E-state index is 0.240. The van der Waals surface area contributed by atoms with Crippen molar-refractivity contribution >= 4 is 5.91 Å². The van der Waals surface area contributed by atoms with Gasteiger partial charge in [-0.15, -0.1) is 0 Å². The number of rotatable bonds is 4. The predicted molar refractivity (Wildman–Crippen MR) is 63.8 cm³/mol. The lowest BCUT2D eigenvalue weighted by Gasteiger charge is -2.22. The summed E-state index contributed by atoms with van der Waals surface area (Å²) in [6.07, 6.45) is 3.91. The SMILES string of the molecule is NC(=O)c1cc(OCC2CCCNC2)ccn1. The second-order valence-electron chi connectivity index (χ2n) is 4.26. The summed E-state index contributed by atoms with van der Waals surface area (Å²) in [5.41, 5.74) is 5.39. The number of carbonyl (C=O) groups is 1. The molecule has 5 nitrogen and oxygen atoms in total. The molecule has 1 saturated heterocycles. The Labute approximate surface area is 100 Å². The highest BCUT2D eigenvalue weighted by Gasteiger charge is 2.13. The van der Waals surface area contributed by atoms with Crippen LogP contribution < -0.4 is 15.8 Å². The summed E-state index contributed by atoms with van der Waals surface area (Å²) >= 11 is 0. The van der Waals surface area contributed by atoms with Crippen molar-refractivity contribution in [3.05, 3.63) is 24.0 Å². The number of hydrogen-bond acceptors (Lipinski definition) is 4. The zero-order valence-electron chi connectivity index (χ0n) is 9.69.